The van der Waals surface area contributed by atoms with Crippen LogP contribution in [0.3, 0.4) is 0 Å². The molecule has 3 rings (SSSR count). The molecule has 0 spiro atoms. The van der Waals surface area contributed by atoms with Gasteiger partial charge in [-0.2, -0.15) is 26.3 Å². The molecule has 1 heterocycles. The highest BCUT2D eigenvalue weighted by Gasteiger charge is 2.47. The first kappa shape index (κ1) is 26.3. The number of ether oxygens (including phenoxy) is 1. The first-order valence-electron chi connectivity index (χ1n) is 10.8. The van der Waals surface area contributed by atoms with Crippen molar-refractivity contribution >= 4 is 11.8 Å². The molecule has 0 radical (unpaired) electrons. The van der Waals surface area contributed by atoms with Crippen LogP contribution in [0.1, 0.15) is 62.3 Å². The number of nitrogens with one attached hydrogen (secondary N) is 2. The van der Waals surface area contributed by atoms with Crippen molar-refractivity contribution in [2.24, 2.45) is 11.7 Å². The minimum atomic E-state index is -4.95. The van der Waals surface area contributed by atoms with E-state index in [1.54, 1.807) is 6.92 Å². The molecule has 1 aromatic carbocycles. The van der Waals surface area contributed by atoms with Crippen LogP contribution in [0.15, 0.2) is 18.2 Å². The standard InChI is InChI=1S/C22H27F6N3O3/c1-12(14-7-15(21(23,24)25)9-16(8-14)22(26,27)28)34-11-19(2)5-6-20(10-30-19,18(29)33)31-17(32)13-3-4-13/h7-9,12-13,30H,3-6,10-11H2,1-2H3,(H2,29,33)(H,31,32). The van der Waals surface area contributed by atoms with Crippen molar-refractivity contribution in [3.8, 4) is 0 Å². The maximum atomic E-state index is 13.1. The predicted octanol–water partition coefficient (Wildman–Crippen LogP) is 3.69. The van der Waals surface area contributed by atoms with Crippen molar-refractivity contribution in [2.45, 2.75) is 69.1 Å². The molecule has 3 atom stereocenters. The Balaban J connectivity index is 1.68. The summed E-state index contributed by atoms with van der Waals surface area (Å²) >= 11 is 0. The lowest BCUT2D eigenvalue weighted by Gasteiger charge is -2.44. The molecule has 2 fully saturated rings. The second kappa shape index (κ2) is 9.03. The third-order valence-corrected chi connectivity index (χ3v) is 6.43. The molecular weight excluding hydrogens is 468 g/mol. The van der Waals surface area contributed by atoms with Crippen molar-refractivity contribution < 1.29 is 40.7 Å². The van der Waals surface area contributed by atoms with Crippen molar-refractivity contribution in [3.63, 3.8) is 0 Å². The van der Waals surface area contributed by atoms with E-state index in [2.05, 4.69) is 10.6 Å². The summed E-state index contributed by atoms with van der Waals surface area (Å²) in [5.41, 5.74) is 0.454. The Hall–Kier alpha value is -2.34. The van der Waals surface area contributed by atoms with Gasteiger partial charge in [0.15, 0.2) is 0 Å². The molecule has 34 heavy (non-hydrogen) atoms. The SMILES string of the molecule is CC(OCC1(C)CCC(NC(=O)C2CC2)(C(N)=O)CN1)c1cc(C(F)(F)F)cc(C(F)(F)F)c1. The van der Waals surface area contributed by atoms with Crippen LogP contribution >= 0.6 is 0 Å². The summed E-state index contributed by atoms with van der Waals surface area (Å²) in [6, 6.07) is 1.35. The van der Waals surface area contributed by atoms with Gasteiger partial charge < -0.3 is 21.1 Å². The van der Waals surface area contributed by atoms with E-state index >= 15 is 0 Å². The minimum absolute atomic E-state index is 0.0246. The van der Waals surface area contributed by atoms with E-state index in [0.29, 0.717) is 18.6 Å². The maximum absolute atomic E-state index is 13.1. The van der Waals surface area contributed by atoms with Gasteiger partial charge in [0.1, 0.15) is 5.54 Å². The van der Waals surface area contributed by atoms with Gasteiger partial charge in [-0.15, -0.1) is 0 Å². The molecule has 0 aromatic heterocycles. The van der Waals surface area contributed by atoms with Crippen LogP contribution in [-0.2, 0) is 26.7 Å². The minimum Gasteiger partial charge on any atom is -0.372 e. The zero-order valence-corrected chi connectivity index (χ0v) is 18.7. The highest BCUT2D eigenvalue weighted by Crippen LogP contribution is 2.38. The van der Waals surface area contributed by atoms with Gasteiger partial charge >= 0.3 is 12.4 Å². The number of amides is 2. The highest BCUT2D eigenvalue weighted by molar-refractivity contribution is 5.92. The summed E-state index contributed by atoms with van der Waals surface area (Å²) in [5, 5.41) is 5.84. The van der Waals surface area contributed by atoms with Crippen molar-refractivity contribution in [1.29, 1.82) is 0 Å². The number of piperidine rings is 1. The normalized spacial score (nSPS) is 26.7. The van der Waals surface area contributed by atoms with Gasteiger partial charge in [0.2, 0.25) is 11.8 Å². The quantitative estimate of drug-likeness (QED) is 0.503. The molecule has 6 nitrogen and oxygen atoms in total. The second-order valence-corrected chi connectivity index (χ2v) is 9.42. The van der Waals surface area contributed by atoms with Crippen LogP contribution in [0, 0.1) is 5.92 Å². The van der Waals surface area contributed by atoms with Gasteiger partial charge in [0.25, 0.3) is 0 Å². The van der Waals surface area contributed by atoms with Crippen LogP contribution < -0.4 is 16.4 Å². The summed E-state index contributed by atoms with van der Waals surface area (Å²) in [7, 11) is 0. The van der Waals surface area contributed by atoms with E-state index in [1.165, 1.54) is 6.92 Å². The van der Waals surface area contributed by atoms with Crippen LogP contribution in [0.25, 0.3) is 0 Å². The fraction of sp³-hybridized carbons (Fsp3) is 0.636. The molecular formula is C22H27F6N3O3. The Labute approximate surface area is 192 Å². The number of hydrogen-bond acceptors (Lipinski definition) is 4. The smallest absolute Gasteiger partial charge is 0.372 e. The zero-order chi connectivity index (χ0) is 25.5. The molecule has 3 unspecified atom stereocenters. The van der Waals surface area contributed by atoms with E-state index < -0.39 is 46.6 Å². The molecule has 1 saturated carbocycles. The van der Waals surface area contributed by atoms with Gasteiger partial charge in [-0.3, -0.25) is 9.59 Å². The summed E-state index contributed by atoms with van der Waals surface area (Å²) in [6.45, 7) is 3.08. The molecule has 4 N–H and O–H groups in total. The summed E-state index contributed by atoms with van der Waals surface area (Å²) < 4.78 is 84.5. The van der Waals surface area contributed by atoms with Gasteiger partial charge in [-0.25, -0.2) is 0 Å². The van der Waals surface area contributed by atoms with Gasteiger partial charge in [-0.05, 0) is 63.3 Å². The highest BCUT2D eigenvalue weighted by atomic mass is 19.4. The maximum Gasteiger partial charge on any atom is 0.416 e. The lowest BCUT2D eigenvalue weighted by molar-refractivity contribution is -0.143. The summed E-state index contributed by atoms with van der Waals surface area (Å²) in [4.78, 5) is 24.3. The molecule has 1 aliphatic carbocycles. The predicted molar refractivity (Wildman–Crippen MR) is 109 cm³/mol. The average molecular weight is 495 g/mol. The Morgan fingerprint density at radius 2 is 1.68 bits per heavy atom. The lowest BCUT2D eigenvalue weighted by atomic mass is 9.80. The number of primary amides is 1. The van der Waals surface area contributed by atoms with Gasteiger partial charge in [0, 0.05) is 18.0 Å². The lowest BCUT2D eigenvalue weighted by Crippen LogP contribution is -2.69. The topological polar surface area (TPSA) is 93.4 Å². The van der Waals surface area contributed by atoms with E-state index in [4.69, 9.17) is 10.5 Å². The largest absolute Gasteiger partial charge is 0.416 e. The second-order valence-electron chi connectivity index (χ2n) is 9.42. The molecule has 1 saturated heterocycles. The van der Waals surface area contributed by atoms with Crippen LogP contribution in [0.4, 0.5) is 26.3 Å². The molecule has 1 aromatic rings. The third kappa shape index (κ3) is 6.01. The number of alkyl halides is 6. The molecule has 2 amide bonds. The third-order valence-electron chi connectivity index (χ3n) is 6.43. The Morgan fingerprint density at radius 3 is 2.09 bits per heavy atom. The number of carbonyl (C=O) groups is 2. The summed E-state index contributed by atoms with van der Waals surface area (Å²) in [5.74, 6) is -1.05. The first-order chi connectivity index (χ1) is 15.5. The number of hydrogen-bond donors (Lipinski definition) is 3. The number of rotatable bonds is 7. The van der Waals surface area contributed by atoms with Crippen molar-refractivity contribution in [2.75, 3.05) is 13.2 Å². The van der Waals surface area contributed by atoms with Gasteiger partial charge in [0.05, 0.1) is 23.8 Å². The van der Waals surface area contributed by atoms with Crippen molar-refractivity contribution in [3.05, 3.63) is 34.9 Å². The Morgan fingerprint density at radius 1 is 1.12 bits per heavy atom. The summed E-state index contributed by atoms with van der Waals surface area (Å²) in [6.07, 6.45) is -8.93. The zero-order valence-electron chi connectivity index (χ0n) is 18.7. The monoisotopic (exact) mass is 495 g/mol. The molecule has 1 aliphatic heterocycles. The number of benzene rings is 1. The Kier molecular flexibility index (Phi) is 6.97. The number of nitrogens with two attached hydrogens (primary N) is 1. The van der Waals surface area contributed by atoms with Crippen LogP contribution in [-0.4, -0.2) is 36.0 Å². The molecule has 190 valence electrons. The molecule has 12 heteroatoms. The van der Waals surface area contributed by atoms with Crippen LogP contribution in [0.5, 0.6) is 0 Å². The van der Waals surface area contributed by atoms with Gasteiger partial charge in [-0.1, -0.05) is 0 Å². The first-order valence-corrected chi connectivity index (χ1v) is 10.8. The fourth-order valence-electron chi connectivity index (χ4n) is 3.83. The number of carbonyl (C=O) groups excluding carboxylic acids is 2. The van der Waals surface area contributed by atoms with E-state index in [-0.39, 0.29) is 43.0 Å². The fourth-order valence-corrected chi connectivity index (χ4v) is 3.83. The van der Waals surface area contributed by atoms with E-state index in [1.807, 2.05) is 0 Å². The van der Waals surface area contributed by atoms with E-state index in [0.717, 1.165) is 12.8 Å². The van der Waals surface area contributed by atoms with E-state index in [9.17, 15) is 35.9 Å². The molecule has 2 aliphatic rings. The Bertz CT molecular complexity index is 903. The van der Waals surface area contributed by atoms with Crippen LogP contribution in [0.2, 0.25) is 0 Å². The molecule has 0 bridgehead atoms. The average Bonchev–Trinajstić information content (AvgIpc) is 3.58. The van der Waals surface area contributed by atoms with Crippen molar-refractivity contribution in [1.82, 2.24) is 10.6 Å². The number of halogens is 6.